The van der Waals surface area contributed by atoms with Gasteiger partial charge in [0.05, 0.1) is 5.56 Å². The molecule has 0 radical (unpaired) electrons. The van der Waals surface area contributed by atoms with Crippen LogP contribution in [-0.2, 0) is 4.74 Å². The first-order valence-corrected chi connectivity index (χ1v) is 8.72. The van der Waals surface area contributed by atoms with E-state index >= 15 is 0 Å². The number of nitrogens with zero attached hydrogens (tertiary/aromatic N) is 3. The standard InChI is InChI=1S/C18H20F3N3O4/c1-17(2,3)28-16(25)24-10-6-8-12(24)15-23-22-14(26-15)11-7-4-5-9-13(11)27-18(19,20)21/h4-5,7,9,12H,6,8,10H2,1-3H3/t12-/m0/s1. The highest BCUT2D eigenvalue weighted by molar-refractivity contribution is 5.69. The summed E-state index contributed by atoms with van der Waals surface area (Å²) in [5, 5.41) is 7.79. The summed E-state index contributed by atoms with van der Waals surface area (Å²) in [6, 6.07) is 4.99. The van der Waals surface area contributed by atoms with Crippen molar-refractivity contribution in [2.45, 2.75) is 51.6 Å². The zero-order chi connectivity index (χ0) is 20.5. The van der Waals surface area contributed by atoms with Gasteiger partial charge < -0.3 is 13.9 Å². The van der Waals surface area contributed by atoms with Gasteiger partial charge in [-0.1, -0.05) is 12.1 Å². The highest BCUT2D eigenvalue weighted by atomic mass is 19.4. The maximum atomic E-state index is 12.6. The average molecular weight is 399 g/mol. The quantitative estimate of drug-likeness (QED) is 0.744. The lowest BCUT2D eigenvalue weighted by atomic mass is 10.2. The van der Waals surface area contributed by atoms with E-state index in [2.05, 4.69) is 14.9 Å². The molecule has 7 nitrogen and oxygen atoms in total. The molecule has 1 aliphatic rings. The molecule has 2 heterocycles. The molecule has 152 valence electrons. The third-order valence-corrected chi connectivity index (χ3v) is 3.95. The molecule has 0 bridgehead atoms. The van der Waals surface area contributed by atoms with E-state index in [1.807, 2.05) is 0 Å². The second kappa shape index (κ2) is 7.33. The molecule has 1 aliphatic heterocycles. The summed E-state index contributed by atoms with van der Waals surface area (Å²) in [6.45, 7) is 5.75. The van der Waals surface area contributed by atoms with E-state index in [1.54, 1.807) is 20.8 Å². The molecule has 1 aromatic carbocycles. The minimum absolute atomic E-state index is 0.0142. The summed E-state index contributed by atoms with van der Waals surface area (Å²) in [5.41, 5.74) is -0.640. The summed E-state index contributed by atoms with van der Waals surface area (Å²) in [7, 11) is 0. The smallest absolute Gasteiger partial charge is 0.444 e. The number of carbonyl (C=O) groups excluding carboxylic acids is 1. The monoisotopic (exact) mass is 399 g/mol. The fraction of sp³-hybridized carbons (Fsp3) is 0.500. The van der Waals surface area contributed by atoms with Gasteiger partial charge in [0.15, 0.2) is 0 Å². The number of rotatable bonds is 3. The average Bonchev–Trinajstić information content (AvgIpc) is 3.21. The number of benzene rings is 1. The fourth-order valence-corrected chi connectivity index (χ4v) is 2.90. The van der Waals surface area contributed by atoms with Crippen LogP contribution in [0.25, 0.3) is 11.5 Å². The van der Waals surface area contributed by atoms with Gasteiger partial charge in [0.25, 0.3) is 5.89 Å². The van der Waals surface area contributed by atoms with Crippen LogP contribution >= 0.6 is 0 Å². The highest BCUT2D eigenvalue weighted by Crippen LogP contribution is 2.36. The number of ether oxygens (including phenoxy) is 2. The molecule has 0 N–H and O–H groups in total. The van der Waals surface area contributed by atoms with Crippen LogP contribution in [0.2, 0.25) is 0 Å². The van der Waals surface area contributed by atoms with Crippen LogP contribution in [0.5, 0.6) is 5.75 Å². The number of aromatic nitrogens is 2. The molecule has 1 saturated heterocycles. The molecule has 1 aromatic heterocycles. The van der Waals surface area contributed by atoms with Crippen LogP contribution in [0.15, 0.2) is 28.7 Å². The van der Waals surface area contributed by atoms with Crippen LogP contribution in [0.3, 0.4) is 0 Å². The zero-order valence-corrected chi connectivity index (χ0v) is 15.6. The third kappa shape index (κ3) is 4.73. The van der Waals surface area contributed by atoms with Crippen molar-refractivity contribution in [1.82, 2.24) is 15.1 Å². The maximum Gasteiger partial charge on any atom is 0.573 e. The molecule has 0 spiro atoms. The summed E-state index contributed by atoms with van der Waals surface area (Å²) < 4.78 is 52.9. The molecule has 0 unspecified atom stereocenters. The van der Waals surface area contributed by atoms with Gasteiger partial charge in [0.2, 0.25) is 5.89 Å². The van der Waals surface area contributed by atoms with Gasteiger partial charge in [-0.05, 0) is 45.7 Å². The van der Waals surface area contributed by atoms with E-state index < -0.39 is 29.8 Å². The van der Waals surface area contributed by atoms with Gasteiger partial charge >= 0.3 is 12.5 Å². The van der Waals surface area contributed by atoms with Crippen molar-refractivity contribution in [1.29, 1.82) is 0 Å². The molecular formula is C18H20F3N3O4. The van der Waals surface area contributed by atoms with Crippen LogP contribution in [0, 0.1) is 0 Å². The lowest BCUT2D eigenvalue weighted by molar-refractivity contribution is -0.274. The lowest BCUT2D eigenvalue weighted by Gasteiger charge is -2.27. The number of likely N-dealkylation sites (tertiary alicyclic amines) is 1. The number of amides is 1. The predicted octanol–water partition coefficient (Wildman–Crippen LogP) is 4.71. The van der Waals surface area contributed by atoms with E-state index in [1.165, 1.54) is 23.1 Å². The first-order valence-electron chi connectivity index (χ1n) is 8.72. The van der Waals surface area contributed by atoms with Gasteiger partial charge in [0.1, 0.15) is 17.4 Å². The number of para-hydroxylation sites is 1. The molecule has 2 aromatic rings. The second-order valence-corrected chi connectivity index (χ2v) is 7.32. The van der Waals surface area contributed by atoms with Crippen LogP contribution in [0.1, 0.15) is 45.5 Å². The fourth-order valence-electron chi connectivity index (χ4n) is 2.90. The summed E-state index contributed by atoms with van der Waals surface area (Å²) in [4.78, 5) is 13.9. The molecule has 1 atom stereocenters. The van der Waals surface area contributed by atoms with Crippen molar-refractivity contribution in [3.63, 3.8) is 0 Å². The Kier molecular flexibility index (Phi) is 5.22. The van der Waals surface area contributed by atoms with E-state index in [9.17, 15) is 18.0 Å². The first kappa shape index (κ1) is 20.0. The minimum Gasteiger partial charge on any atom is -0.444 e. The van der Waals surface area contributed by atoms with Gasteiger partial charge in [-0.2, -0.15) is 0 Å². The molecule has 0 saturated carbocycles. The van der Waals surface area contributed by atoms with Crippen molar-refractivity contribution in [2.75, 3.05) is 6.54 Å². The number of halogens is 3. The van der Waals surface area contributed by atoms with Gasteiger partial charge in [0, 0.05) is 6.54 Å². The van der Waals surface area contributed by atoms with Crippen LogP contribution in [0.4, 0.5) is 18.0 Å². The maximum absolute atomic E-state index is 12.6. The number of carbonyl (C=O) groups is 1. The zero-order valence-electron chi connectivity index (χ0n) is 15.6. The molecule has 0 aliphatic carbocycles. The summed E-state index contributed by atoms with van der Waals surface area (Å²) in [6.07, 6.45) is -4.05. The Hall–Kier alpha value is -2.78. The Balaban J connectivity index is 1.84. The number of alkyl halides is 3. The third-order valence-electron chi connectivity index (χ3n) is 3.95. The summed E-state index contributed by atoms with van der Waals surface area (Å²) >= 11 is 0. The normalized spacial score (nSPS) is 17.6. The van der Waals surface area contributed by atoms with Crippen molar-refractivity contribution >= 4 is 6.09 Å². The Morgan fingerprint density at radius 1 is 1.21 bits per heavy atom. The van der Waals surface area contributed by atoms with Crippen molar-refractivity contribution in [3.05, 3.63) is 30.2 Å². The van der Waals surface area contributed by atoms with Gasteiger partial charge in [-0.15, -0.1) is 23.4 Å². The Labute approximate surface area is 159 Å². The van der Waals surface area contributed by atoms with Crippen LogP contribution < -0.4 is 4.74 Å². The van der Waals surface area contributed by atoms with E-state index in [-0.39, 0.29) is 17.3 Å². The van der Waals surface area contributed by atoms with Gasteiger partial charge in [-0.25, -0.2) is 4.79 Å². The predicted molar refractivity (Wildman–Crippen MR) is 91.3 cm³/mol. The van der Waals surface area contributed by atoms with Gasteiger partial charge in [-0.3, -0.25) is 4.90 Å². The molecule has 10 heteroatoms. The molecule has 3 rings (SSSR count). The van der Waals surface area contributed by atoms with Crippen molar-refractivity contribution in [3.8, 4) is 17.2 Å². The lowest BCUT2D eigenvalue weighted by Crippen LogP contribution is -2.36. The second-order valence-electron chi connectivity index (χ2n) is 7.32. The first-order chi connectivity index (χ1) is 13.0. The minimum atomic E-state index is -4.85. The van der Waals surface area contributed by atoms with E-state index in [0.717, 1.165) is 12.5 Å². The van der Waals surface area contributed by atoms with Crippen LogP contribution in [-0.4, -0.2) is 39.7 Å². The molecular weight excluding hydrogens is 379 g/mol. The Morgan fingerprint density at radius 3 is 2.61 bits per heavy atom. The molecule has 1 amide bonds. The Morgan fingerprint density at radius 2 is 1.93 bits per heavy atom. The molecule has 1 fully saturated rings. The topological polar surface area (TPSA) is 77.7 Å². The number of hydrogen-bond acceptors (Lipinski definition) is 6. The largest absolute Gasteiger partial charge is 0.573 e. The van der Waals surface area contributed by atoms with Crippen molar-refractivity contribution < 1.29 is 31.9 Å². The highest BCUT2D eigenvalue weighted by Gasteiger charge is 2.37. The van der Waals surface area contributed by atoms with Crippen molar-refractivity contribution in [2.24, 2.45) is 0 Å². The number of hydrogen-bond donors (Lipinski definition) is 0. The summed E-state index contributed by atoms with van der Waals surface area (Å²) in [5.74, 6) is -0.424. The SMILES string of the molecule is CC(C)(C)OC(=O)N1CCC[C@H]1c1nnc(-c2ccccc2OC(F)(F)F)o1. The van der Waals surface area contributed by atoms with E-state index in [4.69, 9.17) is 9.15 Å². The molecule has 28 heavy (non-hydrogen) atoms. The van der Waals surface area contributed by atoms with E-state index in [0.29, 0.717) is 13.0 Å². The Bertz CT molecular complexity index is 845.